The lowest BCUT2D eigenvalue weighted by Gasteiger charge is -2.27. The van der Waals surface area contributed by atoms with E-state index < -0.39 is 5.97 Å². The van der Waals surface area contributed by atoms with Gasteiger partial charge in [0.25, 0.3) is 5.97 Å². The average Bonchev–Trinajstić information content (AvgIpc) is 1.60. The molecule has 14 fully saturated rings. The second-order valence-electron chi connectivity index (χ2n) is 44.4. The number of aliphatic carboxylic acids is 1. The molecule has 16 rings (SSSR count). The van der Waals surface area contributed by atoms with Crippen molar-refractivity contribution in [3.63, 3.8) is 0 Å². The van der Waals surface area contributed by atoms with Gasteiger partial charge in [0.05, 0.1) is 48.3 Å². The maximum absolute atomic E-state index is 11.7. The summed E-state index contributed by atoms with van der Waals surface area (Å²) < 4.78 is 44.0. The minimum absolute atomic E-state index is 0. The Labute approximate surface area is 910 Å². The molecule has 7 aliphatic heterocycles. The summed E-state index contributed by atoms with van der Waals surface area (Å²) in [6, 6.07) is 0. The molecule has 0 amide bonds. The van der Waals surface area contributed by atoms with E-state index in [4.69, 9.17) is 33.6 Å². The number of Topliss-reactive ketones (excluding diaryl/α,β-unsaturated/α-hetero) is 3. The Hall–Kier alpha value is -7.77. The molecule has 26 nitrogen and oxygen atoms in total. The van der Waals surface area contributed by atoms with E-state index in [9.17, 15) is 47.9 Å². The van der Waals surface area contributed by atoms with Crippen LogP contribution in [0.2, 0.25) is 0 Å². The van der Waals surface area contributed by atoms with Crippen LogP contribution in [-0.2, 0) is 85.9 Å². The first-order chi connectivity index (χ1) is 71.5. The quantitative estimate of drug-likeness (QED) is 0.0392. The molecule has 0 aromatic rings. The van der Waals surface area contributed by atoms with E-state index in [-0.39, 0.29) is 80.3 Å². The third kappa shape index (κ3) is 55.5. The molecule has 2 N–H and O–H groups in total. The number of rotatable bonds is 24. The van der Waals surface area contributed by atoms with E-state index in [1.807, 2.05) is 27.7 Å². The van der Waals surface area contributed by atoms with Crippen molar-refractivity contribution in [2.45, 2.75) is 457 Å². The van der Waals surface area contributed by atoms with Gasteiger partial charge in [-0.3, -0.25) is 47.9 Å². The van der Waals surface area contributed by atoms with Crippen molar-refractivity contribution in [1.82, 2.24) is 15.1 Å². The van der Waals surface area contributed by atoms with Crippen LogP contribution in [0.3, 0.4) is 0 Å². The number of hydrogen-bond donors (Lipinski definition) is 2. The van der Waals surface area contributed by atoms with Crippen LogP contribution in [0.4, 0.5) is 0 Å². The van der Waals surface area contributed by atoms with E-state index in [1.165, 1.54) is 377 Å². The van der Waals surface area contributed by atoms with Gasteiger partial charge in [-0.05, 0) is 256 Å². The van der Waals surface area contributed by atoms with Gasteiger partial charge in [0.15, 0.2) is 22.8 Å². The Balaban J connectivity index is 0.000000428. The molecule has 0 aromatic heterocycles. The Morgan fingerprint density at radius 2 is 0.580 bits per heavy atom. The first-order valence-electron chi connectivity index (χ1n) is 59.7. The van der Waals surface area contributed by atoms with Gasteiger partial charge in [-0.15, -0.1) is 0 Å². The number of esters is 7. The normalized spacial score (nSPS) is 23.6. The number of carboxylic acid groups (broad SMARTS) is 1. The second kappa shape index (κ2) is 82.7. The van der Waals surface area contributed by atoms with Crippen LogP contribution in [0, 0.1) is 71.0 Å². The molecular formula is C124H219N7O19+4. The summed E-state index contributed by atoms with van der Waals surface area (Å²) in [4.78, 5) is 126. The molecule has 0 radical (unpaired) electrons. The maximum Gasteiger partial charge on any atom is 0.330 e. The largest absolute Gasteiger partial charge is 0.481 e. The van der Waals surface area contributed by atoms with E-state index in [0.29, 0.717) is 136 Å². The fourth-order valence-corrected chi connectivity index (χ4v) is 24.7. The lowest BCUT2D eigenvalue weighted by atomic mass is 9.77. The number of carbonyl (C=O) groups is 11. The highest BCUT2D eigenvalue weighted by molar-refractivity contribution is 5.87. The zero-order chi connectivity index (χ0) is 108. The number of hydrogen-bond acceptors (Lipinski definition) is 21. The van der Waals surface area contributed by atoms with Crippen molar-refractivity contribution in [1.29, 1.82) is 0 Å². The Kier molecular flexibility index (Phi) is 75.2. The first-order valence-corrected chi connectivity index (χ1v) is 59.7. The number of carbonyl (C=O) groups excluding carboxylic acids is 10. The molecule has 0 aromatic carbocycles. The van der Waals surface area contributed by atoms with Crippen molar-refractivity contribution in [2.24, 2.45) is 71.0 Å². The van der Waals surface area contributed by atoms with Crippen LogP contribution in [-0.4, -0.2) is 261 Å². The van der Waals surface area contributed by atoms with Crippen LogP contribution >= 0.6 is 0 Å². The van der Waals surface area contributed by atoms with Gasteiger partial charge in [-0.2, -0.15) is 0 Å². The number of nitrogens with one attached hydrogen (secondary N) is 1. The number of nitrogens with zero attached hydrogens (tertiary/aromatic N) is 6. The standard InChI is InChI=1S/2C16H28NO2.2C15H26NO2.C12H20O3.C11H18O3.2C10H17N.C6H10O.C5H8O2.C4H9N.C2H4O2.2CH4/c2*1-3-19-16(18)12-13(2)14-8-4-5-9-15(14)17-10-6-7-11-17;2*1-12(11-15(17)18-2)13-7-3-4-8-14(13)16-9-5-6-10-16;1-3-15-12(14)8-9(2)10-6-4-5-7-11(10)13;1-8(7-11(13)14-2)9-5-3-4-6-10(9)12;2*1-2-6-10(7-3-1)11-8-4-5-9-11;7-6-4-2-1-3-5-6;1-3-4-5(6)7-2;1-2-4-5-3-1;1-2(3)4;;/h2*13-14H,3-12H2,1-2H3;2*12-13H,3-11H2,1-2H3;9-10H,3-8H2,1-2H3;8-9H,3-7H2,1-2H3;2*6H,1-5,7-9H2;1-5H2;3-4H,1-2H3;5H,1-4H2;1H3,(H,3,4);2*1H4/q4*+1;;;;;;;;;;/b;;;;;;;;;4-3-;;;;. The summed E-state index contributed by atoms with van der Waals surface area (Å²) in [6.45, 7) is 40.3. The number of likely N-dealkylation sites (tertiary alicyclic amines) is 2. The van der Waals surface area contributed by atoms with Gasteiger partial charge >= 0.3 is 41.8 Å². The molecule has 150 heavy (non-hydrogen) atoms. The molecule has 7 heterocycles. The van der Waals surface area contributed by atoms with Crippen molar-refractivity contribution >= 4 is 88.0 Å². The molecule has 9 aliphatic carbocycles. The van der Waals surface area contributed by atoms with E-state index in [1.54, 1.807) is 54.2 Å². The summed E-state index contributed by atoms with van der Waals surface area (Å²) in [6.07, 6.45) is 74.4. The minimum atomic E-state index is -0.833. The molecule has 26 heteroatoms. The number of ketones is 3. The fraction of sp³-hybridized carbons (Fsp3) is 0.831. The third-order valence-corrected chi connectivity index (χ3v) is 32.8. The Morgan fingerprint density at radius 1 is 0.333 bits per heavy atom. The number of ether oxygens (including phenoxy) is 7. The van der Waals surface area contributed by atoms with Gasteiger partial charge in [0.2, 0.25) is 0 Å². The maximum atomic E-state index is 11.7. The highest BCUT2D eigenvalue weighted by atomic mass is 16.5. The molecule has 12 unspecified atom stereocenters. The Morgan fingerprint density at radius 3 is 0.787 bits per heavy atom. The van der Waals surface area contributed by atoms with Crippen LogP contribution in [0.25, 0.3) is 0 Å². The van der Waals surface area contributed by atoms with Crippen molar-refractivity contribution in [3.8, 4) is 0 Å². The fourth-order valence-electron chi connectivity index (χ4n) is 24.7. The van der Waals surface area contributed by atoms with E-state index in [0.717, 1.165) is 71.1 Å². The molecule has 860 valence electrons. The summed E-state index contributed by atoms with van der Waals surface area (Å²) in [5.41, 5.74) is 9.84. The molecule has 12 atom stereocenters. The smallest absolute Gasteiger partial charge is 0.330 e. The van der Waals surface area contributed by atoms with Crippen LogP contribution in [0.15, 0.2) is 35.7 Å². The summed E-state index contributed by atoms with van der Waals surface area (Å²) in [5, 5.41) is 10.6. The van der Waals surface area contributed by atoms with Crippen molar-refractivity contribution in [3.05, 3.63) is 35.7 Å². The van der Waals surface area contributed by atoms with Crippen molar-refractivity contribution < 1.29 is 109 Å². The Bertz CT molecular complexity index is 3870. The van der Waals surface area contributed by atoms with Crippen LogP contribution < -0.4 is 5.32 Å². The lowest BCUT2D eigenvalue weighted by Crippen LogP contribution is -2.34. The molecule has 16 aliphatic rings. The predicted molar refractivity (Wildman–Crippen MR) is 606 cm³/mol. The van der Waals surface area contributed by atoms with E-state index >= 15 is 0 Å². The van der Waals surface area contributed by atoms with Gasteiger partial charge in [-0.25, -0.2) is 23.1 Å². The topological polar surface area (TPSA) is 303 Å². The molecule has 7 saturated carbocycles. The lowest BCUT2D eigenvalue weighted by molar-refractivity contribution is -0.510. The zero-order valence-electron chi connectivity index (χ0n) is 96.0. The zero-order valence-corrected chi connectivity index (χ0v) is 96.0. The molecule has 0 bridgehead atoms. The minimum Gasteiger partial charge on any atom is -0.481 e. The summed E-state index contributed by atoms with van der Waals surface area (Å²) in [7, 11) is 5.71. The second-order valence-corrected chi connectivity index (χ2v) is 44.4. The summed E-state index contributed by atoms with van der Waals surface area (Å²) in [5.74, 6) is 3.99. The SMILES string of the molecule is C.C.C/C=C\C(=O)OC.C1=C(N2CCCC2)CCCC1.C1=C(N2CCCC2)CCCC1.C1CCNC1.CC(=O)O.CCOC(=O)CC(C)C1CCCCC1=O.CCOC(=O)CC(C)C1CCCCC1=[N+]1CCCC1.CCOC(=O)CC(C)C1CCCCC1=[N+]1CCCC1.COC(=O)CC(C)C1CCCCC1=O.COC(=O)CC(C)C1CCCCC1=[N+]1CCCC1.COC(=O)CC(C)C1CCCCC1=[N+]1CCCC1.O=C1CCCCC1. The third-order valence-electron chi connectivity index (χ3n) is 32.8. The van der Waals surface area contributed by atoms with Crippen LogP contribution in [0.1, 0.15) is 457 Å². The number of carboxylic acids is 1. The van der Waals surface area contributed by atoms with Gasteiger partial charge in [0, 0.05) is 227 Å². The summed E-state index contributed by atoms with van der Waals surface area (Å²) >= 11 is 0. The van der Waals surface area contributed by atoms with E-state index in [2.05, 4.69) is 82.7 Å². The van der Waals surface area contributed by atoms with Gasteiger partial charge in [-0.1, -0.05) is 120 Å². The predicted octanol–water partition coefficient (Wildman–Crippen LogP) is 24.6. The van der Waals surface area contributed by atoms with Crippen molar-refractivity contribution in [2.75, 3.05) is 140 Å². The molecule has 0 spiro atoms. The van der Waals surface area contributed by atoms with Crippen LogP contribution in [0.5, 0.6) is 0 Å². The monoisotopic (exact) mass is 2110 g/mol. The number of methoxy groups -OCH3 is 4. The number of allylic oxidation sites excluding steroid dienone is 5. The molecular weight excluding hydrogens is 1890 g/mol. The van der Waals surface area contributed by atoms with Gasteiger partial charge < -0.3 is 53.4 Å². The highest BCUT2D eigenvalue weighted by Gasteiger charge is 2.41. The average molecular weight is 2110 g/mol. The molecule has 7 saturated heterocycles. The highest BCUT2D eigenvalue weighted by Crippen LogP contribution is 2.38. The first kappa shape index (κ1) is 136. The van der Waals surface area contributed by atoms with Gasteiger partial charge in [0.1, 0.15) is 69.7 Å².